The number of hydrogen-bond donors (Lipinski definition) is 5. The molecule has 6 aliphatic carbocycles. The molecule has 0 bridgehead atoms. The average Bonchev–Trinajstić information content (AvgIpc) is 3.69. The minimum atomic E-state index is -0.615. The number of aliphatic hydroxyl groups excluding tert-OH is 3. The lowest BCUT2D eigenvalue weighted by Crippen LogP contribution is -2.36. The van der Waals surface area contributed by atoms with Gasteiger partial charge in [0.2, 0.25) is 0 Å². The molecule has 5 N–H and O–H groups in total. The van der Waals surface area contributed by atoms with Crippen LogP contribution in [0.5, 0.6) is 0 Å². The number of fused-ring (bicyclic) bond motifs is 2. The van der Waals surface area contributed by atoms with Crippen LogP contribution >= 0.6 is 0 Å². The molecule has 6 aliphatic rings. The Morgan fingerprint density at radius 1 is 0.644 bits per heavy atom. The van der Waals surface area contributed by atoms with Crippen molar-refractivity contribution in [2.75, 3.05) is 0 Å². The average molecular weight is 817 g/mol. The summed E-state index contributed by atoms with van der Waals surface area (Å²) in [7, 11) is 0. The highest BCUT2D eigenvalue weighted by molar-refractivity contribution is 5.39. The Bertz CT molecular complexity index is 1560. The fraction of sp³-hybridized carbons (Fsp3) is 0.778. The van der Waals surface area contributed by atoms with Crippen LogP contribution in [0.2, 0.25) is 0 Å². The third-order valence-corrected chi connectivity index (χ3v) is 16.8. The molecule has 0 aromatic rings. The van der Waals surface area contributed by atoms with Crippen molar-refractivity contribution in [1.29, 1.82) is 0 Å². The Balaban J connectivity index is 0.000000224. The summed E-state index contributed by atoms with van der Waals surface area (Å²) in [5.41, 5.74) is 7.19. The third kappa shape index (κ3) is 12.5. The van der Waals surface area contributed by atoms with Gasteiger partial charge < -0.3 is 25.5 Å². The summed E-state index contributed by atoms with van der Waals surface area (Å²) in [5.74, 6) is 4.36. The lowest BCUT2D eigenvalue weighted by molar-refractivity contribution is 0.0590. The largest absolute Gasteiger partial charge is 0.393 e. The number of allylic oxidation sites excluding steroid dienone is 7. The van der Waals surface area contributed by atoms with Crippen LogP contribution in [-0.2, 0) is 0 Å². The molecular formula is C54H88O5. The Kier molecular flexibility index (Phi) is 16.5. The maximum atomic E-state index is 10.1. The van der Waals surface area contributed by atoms with E-state index in [1.165, 1.54) is 88.2 Å². The molecule has 11 atom stereocenters. The minimum absolute atomic E-state index is 0.192. The summed E-state index contributed by atoms with van der Waals surface area (Å²) in [6, 6.07) is 0. The second-order valence-corrected chi connectivity index (χ2v) is 22.6. The number of aliphatic hydroxyl groups is 5. The van der Waals surface area contributed by atoms with Crippen molar-refractivity contribution in [1.82, 2.24) is 0 Å². The van der Waals surface area contributed by atoms with Gasteiger partial charge in [-0.3, -0.25) is 0 Å². The molecule has 0 heterocycles. The van der Waals surface area contributed by atoms with Crippen LogP contribution in [0.4, 0.5) is 0 Å². The molecular weight excluding hydrogens is 729 g/mol. The highest BCUT2D eigenvalue weighted by atomic mass is 16.3. The topological polar surface area (TPSA) is 101 Å². The van der Waals surface area contributed by atoms with Gasteiger partial charge in [-0.2, -0.15) is 0 Å². The molecule has 0 aromatic carbocycles. The molecule has 0 spiro atoms. The zero-order chi connectivity index (χ0) is 43.3. The minimum Gasteiger partial charge on any atom is -0.393 e. The Labute approximate surface area is 361 Å². The molecule has 59 heavy (non-hydrogen) atoms. The van der Waals surface area contributed by atoms with Crippen LogP contribution in [0.3, 0.4) is 0 Å². The summed E-state index contributed by atoms with van der Waals surface area (Å²) in [6.45, 7) is 25.9. The summed E-state index contributed by atoms with van der Waals surface area (Å²) in [4.78, 5) is 0. The van der Waals surface area contributed by atoms with Crippen LogP contribution in [0.25, 0.3) is 0 Å². The lowest BCUT2D eigenvalue weighted by atomic mass is 9.60. The second kappa shape index (κ2) is 20.2. The molecule has 5 nitrogen and oxygen atoms in total. The molecule has 5 heteroatoms. The first kappa shape index (κ1) is 48.3. The second-order valence-electron chi connectivity index (χ2n) is 22.6. The first-order chi connectivity index (χ1) is 27.6. The van der Waals surface area contributed by atoms with Gasteiger partial charge in [0.05, 0.1) is 29.5 Å². The van der Waals surface area contributed by atoms with E-state index >= 15 is 0 Å². The maximum absolute atomic E-state index is 10.1. The third-order valence-electron chi connectivity index (χ3n) is 16.8. The molecule has 6 rings (SSSR count). The Morgan fingerprint density at radius 3 is 1.58 bits per heavy atom. The molecule has 0 radical (unpaired) electrons. The van der Waals surface area contributed by atoms with E-state index in [2.05, 4.69) is 65.2 Å². The highest BCUT2D eigenvalue weighted by Gasteiger charge is 2.51. The Hall–Kier alpha value is -1.76. The SMILES string of the molecule is C=C1/C(=C\C=C2/CCC[C@]3(C)[C@@H]([C@H](C)CCCC(C)(C)O)CC[C@@H]23)C[C@@H](O)C[C@@H]1O.C=C1CC[C@H](O)C/C1=C/C=C1\CCC[C@]2(C)[C@@H]([C@H](C)CCCC(C)(C)O)CC[C@@H]12. The lowest BCUT2D eigenvalue weighted by Gasteiger charge is -2.44. The number of rotatable bonds is 12. The molecule has 6 fully saturated rings. The van der Waals surface area contributed by atoms with Gasteiger partial charge in [-0.25, -0.2) is 0 Å². The summed E-state index contributed by atoms with van der Waals surface area (Å²) in [5, 5.41) is 50.3. The predicted octanol–water partition coefficient (Wildman–Crippen LogP) is 12.4. The summed E-state index contributed by atoms with van der Waals surface area (Å²) in [6.07, 6.45) is 30.8. The fourth-order valence-corrected chi connectivity index (χ4v) is 13.4. The zero-order valence-electron chi connectivity index (χ0n) is 39.0. The van der Waals surface area contributed by atoms with E-state index in [1.807, 2.05) is 27.7 Å². The van der Waals surface area contributed by atoms with Crippen molar-refractivity contribution in [2.24, 2.45) is 46.3 Å². The smallest absolute Gasteiger partial charge is 0.0811 e. The molecule has 0 saturated heterocycles. The van der Waals surface area contributed by atoms with Crippen molar-refractivity contribution in [3.63, 3.8) is 0 Å². The summed E-state index contributed by atoms with van der Waals surface area (Å²) >= 11 is 0. The van der Waals surface area contributed by atoms with Crippen molar-refractivity contribution in [2.45, 2.75) is 220 Å². The monoisotopic (exact) mass is 817 g/mol. The molecule has 0 amide bonds. The molecule has 0 aliphatic heterocycles. The van der Waals surface area contributed by atoms with Gasteiger partial charge in [0, 0.05) is 6.42 Å². The van der Waals surface area contributed by atoms with Gasteiger partial charge in [-0.05, 0) is 193 Å². The van der Waals surface area contributed by atoms with Crippen LogP contribution in [-0.4, -0.2) is 55.0 Å². The van der Waals surface area contributed by atoms with Gasteiger partial charge in [-0.15, -0.1) is 0 Å². The van der Waals surface area contributed by atoms with E-state index in [0.717, 1.165) is 79.8 Å². The van der Waals surface area contributed by atoms with Gasteiger partial charge >= 0.3 is 0 Å². The van der Waals surface area contributed by atoms with E-state index in [9.17, 15) is 25.5 Å². The normalized spacial score (nSPS) is 38.0. The van der Waals surface area contributed by atoms with E-state index in [-0.39, 0.29) is 6.10 Å². The number of hydrogen-bond acceptors (Lipinski definition) is 5. The molecule has 0 unspecified atom stereocenters. The van der Waals surface area contributed by atoms with Crippen molar-refractivity contribution < 1.29 is 25.5 Å². The molecule has 334 valence electrons. The fourth-order valence-electron chi connectivity index (χ4n) is 13.4. The highest BCUT2D eigenvalue weighted by Crippen LogP contribution is 2.61. The van der Waals surface area contributed by atoms with Crippen molar-refractivity contribution >= 4 is 0 Å². The van der Waals surface area contributed by atoms with E-state index in [4.69, 9.17) is 0 Å². The van der Waals surface area contributed by atoms with E-state index < -0.39 is 23.4 Å². The Morgan fingerprint density at radius 2 is 1.10 bits per heavy atom. The van der Waals surface area contributed by atoms with Crippen molar-refractivity contribution in [3.8, 4) is 0 Å². The van der Waals surface area contributed by atoms with E-state index in [0.29, 0.717) is 35.5 Å². The van der Waals surface area contributed by atoms with Gasteiger partial charge in [0.15, 0.2) is 0 Å². The zero-order valence-corrected chi connectivity index (χ0v) is 39.0. The van der Waals surface area contributed by atoms with E-state index in [1.54, 1.807) is 11.1 Å². The van der Waals surface area contributed by atoms with Gasteiger partial charge in [0.25, 0.3) is 0 Å². The first-order valence-electron chi connectivity index (χ1n) is 24.3. The standard InChI is InChI=1S/C27H44O3.C27H44O2/c1-18(8-6-14-26(3,4)30)23-12-13-24-20(9-7-15-27(23,24)5)10-11-21-16-22(28)17-25(29)19(21)2;1-19-10-13-23(28)18-22(19)12-11-21-9-7-17-27(5)24(14-15-25(21)27)20(2)8-6-16-26(3,4)29/h10-11,18,22-25,28-30H,2,6-9,12-17H2,1,3-5H3;11-12,20,23-25,28-29H,1,6-10,13-18H2,2-5H3/b20-10+,21-11-;21-11+,22-12-/t18-,22-,23-,24+,25+,27-;20-,23+,24-,25+,27-/m11/s1. The quantitative estimate of drug-likeness (QED) is 0.135. The summed E-state index contributed by atoms with van der Waals surface area (Å²) < 4.78 is 0. The molecule has 0 aromatic heterocycles. The van der Waals surface area contributed by atoms with Crippen LogP contribution in [0.1, 0.15) is 190 Å². The predicted molar refractivity (Wildman–Crippen MR) is 247 cm³/mol. The van der Waals surface area contributed by atoms with Crippen molar-refractivity contribution in [3.05, 3.63) is 70.9 Å². The van der Waals surface area contributed by atoms with Crippen LogP contribution < -0.4 is 0 Å². The maximum Gasteiger partial charge on any atom is 0.0811 e. The first-order valence-corrected chi connectivity index (χ1v) is 24.3. The van der Waals surface area contributed by atoms with Gasteiger partial charge in [-0.1, -0.05) is 108 Å². The van der Waals surface area contributed by atoms with Crippen LogP contribution in [0.15, 0.2) is 70.9 Å². The van der Waals surface area contributed by atoms with Crippen LogP contribution in [0, 0.1) is 46.3 Å². The van der Waals surface area contributed by atoms with Gasteiger partial charge in [0.1, 0.15) is 0 Å². The molecule has 6 saturated carbocycles.